The summed E-state index contributed by atoms with van der Waals surface area (Å²) in [6, 6.07) is 2.20. The number of hydrogen-bond acceptors (Lipinski definition) is 6. The third-order valence-electron chi connectivity index (χ3n) is 2.92. The number of nitrogens with one attached hydrogen (secondary N) is 2. The van der Waals surface area contributed by atoms with E-state index in [-0.39, 0.29) is 11.6 Å². The molecule has 0 spiro atoms. The van der Waals surface area contributed by atoms with Crippen LogP contribution >= 0.6 is 15.9 Å². The molecule has 8 nitrogen and oxygen atoms in total. The van der Waals surface area contributed by atoms with Crippen molar-refractivity contribution in [1.29, 1.82) is 0 Å². The highest BCUT2D eigenvalue weighted by atomic mass is 79.9. The molecule has 1 aromatic carbocycles. The molecule has 26 heavy (non-hydrogen) atoms. The summed E-state index contributed by atoms with van der Waals surface area (Å²) in [7, 11) is 1.45. The molecule has 0 aliphatic carbocycles. The van der Waals surface area contributed by atoms with Crippen LogP contribution in [-0.4, -0.2) is 44.3 Å². The minimum atomic E-state index is -0.731. The standard InChI is InChI=1S/C17H23BrN2O6/c1-5-6-25-15-12(18)7-11(8-13(15)24-4)16(22)26-9-14(21)20-17(23)19-10(2)3/h7-8,10H,5-6,9H2,1-4H3,(H2,19,20,21,23). The SMILES string of the molecule is CCCOc1c(Br)cc(C(=O)OCC(=O)NC(=O)NC(C)C)cc1OC. The van der Waals surface area contributed by atoms with E-state index in [9.17, 15) is 14.4 Å². The third-order valence-corrected chi connectivity index (χ3v) is 3.51. The lowest BCUT2D eigenvalue weighted by Crippen LogP contribution is -2.44. The molecule has 0 atom stereocenters. The highest BCUT2D eigenvalue weighted by Gasteiger charge is 2.18. The second kappa shape index (κ2) is 10.6. The zero-order chi connectivity index (χ0) is 19.7. The summed E-state index contributed by atoms with van der Waals surface area (Å²) in [5.41, 5.74) is 0.178. The number of urea groups is 1. The first-order chi connectivity index (χ1) is 12.3. The maximum absolute atomic E-state index is 12.1. The van der Waals surface area contributed by atoms with Crippen molar-refractivity contribution in [2.45, 2.75) is 33.2 Å². The fraction of sp³-hybridized carbons (Fsp3) is 0.471. The van der Waals surface area contributed by atoms with E-state index in [1.54, 1.807) is 13.8 Å². The average Bonchev–Trinajstić information content (AvgIpc) is 2.57. The van der Waals surface area contributed by atoms with Crippen molar-refractivity contribution in [2.75, 3.05) is 20.3 Å². The Morgan fingerprint density at radius 2 is 1.92 bits per heavy atom. The van der Waals surface area contributed by atoms with Gasteiger partial charge >= 0.3 is 12.0 Å². The number of imide groups is 1. The summed E-state index contributed by atoms with van der Waals surface area (Å²) in [6.07, 6.45) is 0.818. The number of hydrogen-bond donors (Lipinski definition) is 2. The van der Waals surface area contributed by atoms with Crippen LogP contribution in [0.25, 0.3) is 0 Å². The van der Waals surface area contributed by atoms with Crippen molar-refractivity contribution in [3.8, 4) is 11.5 Å². The van der Waals surface area contributed by atoms with E-state index in [4.69, 9.17) is 14.2 Å². The van der Waals surface area contributed by atoms with Crippen molar-refractivity contribution in [1.82, 2.24) is 10.6 Å². The van der Waals surface area contributed by atoms with Crippen LogP contribution in [-0.2, 0) is 9.53 Å². The Morgan fingerprint density at radius 3 is 2.50 bits per heavy atom. The van der Waals surface area contributed by atoms with Crippen LogP contribution in [0.1, 0.15) is 37.6 Å². The van der Waals surface area contributed by atoms with Gasteiger partial charge in [-0.2, -0.15) is 0 Å². The second-order valence-electron chi connectivity index (χ2n) is 5.59. The quantitative estimate of drug-likeness (QED) is 0.614. The number of methoxy groups -OCH3 is 1. The van der Waals surface area contributed by atoms with Crippen LogP contribution in [0.4, 0.5) is 4.79 Å². The molecule has 2 N–H and O–H groups in total. The molecule has 0 saturated carbocycles. The molecule has 0 heterocycles. The summed E-state index contributed by atoms with van der Waals surface area (Å²) in [6.45, 7) is 5.39. The van der Waals surface area contributed by atoms with E-state index in [1.165, 1.54) is 19.2 Å². The Balaban J connectivity index is 2.71. The van der Waals surface area contributed by atoms with Gasteiger partial charge < -0.3 is 19.5 Å². The van der Waals surface area contributed by atoms with E-state index in [0.29, 0.717) is 22.6 Å². The van der Waals surface area contributed by atoms with E-state index >= 15 is 0 Å². The topological polar surface area (TPSA) is 103 Å². The summed E-state index contributed by atoms with van der Waals surface area (Å²) in [5.74, 6) is -0.620. The lowest BCUT2D eigenvalue weighted by molar-refractivity contribution is -0.123. The van der Waals surface area contributed by atoms with Crippen LogP contribution in [0.3, 0.4) is 0 Å². The van der Waals surface area contributed by atoms with Crippen LogP contribution < -0.4 is 20.1 Å². The molecule has 0 saturated heterocycles. The van der Waals surface area contributed by atoms with Gasteiger partial charge in [-0.05, 0) is 48.3 Å². The third kappa shape index (κ3) is 6.91. The number of benzene rings is 1. The Kier molecular flexibility index (Phi) is 8.91. The maximum atomic E-state index is 12.1. The summed E-state index contributed by atoms with van der Waals surface area (Å²) < 4.78 is 16.3. The second-order valence-corrected chi connectivity index (χ2v) is 6.44. The van der Waals surface area contributed by atoms with E-state index in [1.807, 2.05) is 6.92 Å². The van der Waals surface area contributed by atoms with Gasteiger partial charge in [0.05, 0.1) is 23.8 Å². The largest absolute Gasteiger partial charge is 0.493 e. The van der Waals surface area contributed by atoms with Gasteiger partial charge in [0.25, 0.3) is 5.91 Å². The van der Waals surface area contributed by atoms with Crippen LogP contribution in [0, 0.1) is 0 Å². The Hall–Kier alpha value is -2.29. The van der Waals surface area contributed by atoms with Gasteiger partial charge in [0.1, 0.15) is 0 Å². The minimum absolute atomic E-state index is 0.122. The van der Waals surface area contributed by atoms with Crippen LogP contribution in [0.5, 0.6) is 11.5 Å². The predicted molar refractivity (Wildman–Crippen MR) is 98.6 cm³/mol. The molecule has 0 aliphatic rings. The number of carbonyl (C=O) groups excluding carboxylic acids is 3. The fourth-order valence-electron chi connectivity index (χ4n) is 1.86. The highest BCUT2D eigenvalue weighted by molar-refractivity contribution is 9.10. The summed E-state index contributed by atoms with van der Waals surface area (Å²) >= 11 is 3.33. The van der Waals surface area contributed by atoms with E-state index in [0.717, 1.165) is 6.42 Å². The lowest BCUT2D eigenvalue weighted by atomic mass is 10.2. The number of rotatable bonds is 8. The molecule has 0 unspecified atom stereocenters. The van der Waals surface area contributed by atoms with Crippen molar-refractivity contribution in [2.24, 2.45) is 0 Å². The zero-order valence-electron chi connectivity index (χ0n) is 15.2. The van der Waals surface area contributed by atoms with Gasteiger partial charge in [-0.15, -0.1) is 0 Å². The smallest absolute Gasteiger partial charge is 0.338 e. The number of amides is 3. The van der Waals surface area contributed by atoms with Gasteiger partial charge in [-0.25, -0.2) is 9.59 Å². The van der Waals surface area contributed by atoms with Crippen LogP contribution in [0.15, 0.2) is 16.6 Å². The van der Waals surface area contributed by atoms with Crippen molar-refractivity contribution in [3.05, 3.63) is 22.2 Å². The molecule has 0 fully saturated rings. The molecule has 0 aromatic heterocycles. The molecule has 0 aliphatic heterocycles. The van der Waals surface area contributed by atoms with E-state index in [2.05, 4.69) is 26.6 Å². The van der Waals surface area contributed by atoms with E-state index < -0.39 is 24.5 Å². The molecule has 144 valence electrons. The van der Waals surface area contributed by atoms with Gasteiger partial charge in [0.15, 0.2) is 18.1 Å². The Morgan fingerprint density at radius 1 is 1.23 bits per heavy atom. The average molecular weight is 431 g/mol. The molecular weight excluding hydrogens is 408 g/mol. The highest BCUT2D eigenvalue weighted by Crippen LogP contribution is 2.36. The first-order valence-corrected chi connectivity index (χ1v) is 8.85. The Labute approximate surface area is 160 Å². The molecule has 9 heteroatoms. The fourth-order valence-corrected chi connectivity index (χ4v) is 2.41. The first-order valence-electron chi connectivity index (χ1n) is 8.06. The summed E-state index contributed by atoms with van der Waals surface area (Å²) in [5, 5.41) is 4.55. The molecule has 0 radical (unpaired) electrons. The zero-order valence-corrected chi connectivity index (χ0v) is 16.8. The number of esters is 1. The molecule has 3 amide bonds. The van der Waals surface area contributed by atoms with Crippen LogP contribution in [0.2, 0.25) is 0 Å². The Bertz CT molecular complexity index is 663. The minimum Gasteiger partial charge on any atom is -0.493 e. The molecular formula is C17H23BrN2O6. The number of halogens is 1. The molecule has 0 bridgehead atoms. The molecule has 1 aromatic rings. The molecule has 1 rings (SSSR count). The predicted octanol–water partition coefficient (Wildman–Crippen LogP) is 2.64. The van der Waals surface area contributed by atoms with Crippen molar-refractivity contribution in [3.63, 3.8) is 0 Å². The van der Waals surface area contributed by atoms with Gasteiger partial charge in [-0.3, -0.25) is 10.1 Å². The number of carbonyl (C=O) groups is 3. The van der Waals surface area contributed by atoms with Crippen molar-refractivity contribution < 1.29 is 28.6 Å². The summed E-state index contributed by atoms with van der Waals surface area (Å²) in [4.78, 5) is 35.2. The number of ether oxygens (including phenoxy) is 3. The van der Waals surface area contributed by atoms with Gasteiger partial charge in [0, 0.05) is 6.04 Å². The van der Waals surface area contributed by atoms with Gasteiger partial charge in [0.2, 0.25) is 0 Å². The first kappa shape index (κ1) is 21.8. The maximum Gasteiger partial charge on any atom is 0.338 e. The van der Waals surface area contributed by atoms with Crippen molar-refractivity contribution >= 4 is 33.8 Å². The monoisotopic (exact) mass is 430 g/mol. The normalized spacial score (nSPS) is 10.2. The lowest BCUT2D eigenvalue weighted by Gasteiger charge is -2.14. The van der Waals surface area contributed by atoms with Gasteiger partial charge in [-0.1, -0.05) is 6.92 Å².